The van der Waals surface area contributed by atoms with E-state index >= 15 is 0 Å². The Morgan fingerprint density at radius 3 is 2.32 bits per heavy atom. The molecule has 0 fully saturated rings. The second-order valence-electron chi connectivity index (χ2n) is 5.88. The summed E-state index contributed by atoms with van der Waals surface area (Å²) in [5.74, 6) is -1.30. The molecule has 2 rings (SSSR count). The molecule has 0 aliphatic heterocycles. The van der Waals surface area contributed by atoms with Gasteiger partial charge < -0.3 is 5.32 Å². The van der Waals surface area contributed by atoms with Crippen LogP contribution < -0.4 is 16.2 Å². The van der Waals surface area contributed by atoms with E-state index in [1.807, 2.05) is 0 Å². The largest absolute Gasteiger partial charge is 0.326 e. The van der Waals surface area contributed by atoms with Crippen LogP contribution in [-0.2, 0) is 14.4 Å². The van der Waals surface area contributed by atoms with Gasteiger partial charge in [0.25, 0.3) is 5.91 Å². The minimum Gasteiger partial charge on any atom is -0.326 e. The molecule has 146 valence electrons. The van der Waals surface area contributed by atoms with Gasteiger partial charge in [-0.05, 0) is 48.4 Å². The predicted octanol–water partition coefficient (Wildman–Crippen LogP) is 3.88. The zero-order chi connectivity index (χ0) is 20.5. The summed E-state index contributed by atoms with van der Waals surface area (Å²) in [5.41, 5.74) is 6.65. The molecule has 0 radical (unpaired) electrons. The van der Waals surface area contributed by atoms with Gasteiger partial charge >= 0.3 is 0 Å². The van der Waals surface area contributed by atoms with E-state index in [-0.39, 0.29) is 18.7 Å². The van der Waals surface area contributed by atoms with Gasteiger partial charge in [-0.25, -0.2) is 0 Å². The van der Waals surface area contributed by atoms with Gasteiger partial charge in [0.15, 0.2) is 0 Å². The van der Waals surface area contributed by atoms with Crippen molar-refractivity contribution >= 4 is 52.7 Å². The number of rotatable bonds is 6. The molecule has 28 heavy (non-hydrogen) atoms. The van der Waals surface area contributed by atoms with Crippen LogP contribution in [0, 0.1) is 6.92 Å². The summed E-state index contributed by atoms with van der Waals surface area (Å²) < 4.78 is 0. The fourth-order valence-corrected chi connectivity index (χ4v) is 2.46. The number of halogens is 2. The fraction of sp³-hybridized carbons (Fsp3) is 0.150. The second kappa shape index (κ2) is 10.5. The van der Waals surface area contributed by atoms with E-state index in [0.29, 0.717) is 15.7 Å². The first kappa shape index (κ1) is 21.5. The highest BCUT2D eigenvalue weighted by Gasteiger charge is 2.10. The smallest absolute Gasteiger partial charge is 0.262 e. The van der Waals surface area contributed by atoms with Crippen LogP contribution >= 0.6 is 23.2 Å². The molecule has 3 N–H and O–H groups in total. The molecule has 8 heteroatoms. The SMILES string of the molecule is Cc1c(Cl)cccc1NC(=O)CCC(=O)NNC(=O)/C=C/c1ccc(Cl)cc1. The number of amides is 3. The molecular weight excluding hydrogens is 401 g/mol. The number of hydrazine groups is 1. The van der Waals surface area contributed by atoms with Gasteiger partial charge in [0.2, 0.25) is 11.8 Å². The van der Waals surface area contributed by atoms with Crippen LogP contribution in [0.5, 0.6) is 0 Å². The zero-order valence-corrected chi connectivity index (χ0v) is 16.6. The Morgan fingerprint density at radius 2 is 1.61 bits per heavy atom. The molecule has 6 nitrogen and oxygen atoms in total. The normalized spacial score (nSPS) is 10.5. The van der Waals surface area contributed by atoms with E-state index in [1.54, 1.807) is 55.5 Å². The molecular formula is C20H19Cl2N3O3. The van der Waals surface area contributed by atoms with Gasteiger partial charge in [-0.15, -0.1) is 0 Å². The predicted molar refractivity (Wildman–Crippen MR) is 111 cm³/mol. The van der Waals surface area contributed by atoms with Crippen molar-refractivity contribution < 1.29 is 14.4 Å². The maximum atomic E-state index is 12.0. The first-order valence-corrected chi connectivity index (χ1v) is 9.18. The van der Waals surface area contributed by atoms with E-state index in [9.17, 15) is 14.4 Å². The molecule has 3 amide bonds. The third-order valence-corrected chi connectivity index (χ3v) is 4.40. The molecule has 0 saturated carbocycles. The third kappa shape index (κ3) is 7.06. The summed E-state index contributed by atoms with van der Waals surface area (Å²) in [6, 6.07) is 12.1. The molecule has 0 unspecified atom stereocenters. The van der Waals surface area contributed by atoms with Crippen LogP contribution in [0.25, 0.3) is 6.08 Å². The Kier molecular flexibility index (Phi) is 8.04. The minimum absolute atomic E-state index is 0.0335. The zero-order valence-electron chi connectivity index (χ0n) is 15.1. The Bertz CT molecular complexity index is 896. The number of carbonyl (C=O) groups is 3. The van der Waals surface area contributed by atoms with Crippen LogP contribution in [0.4, 0.5) is 5.69 Å². The van der Waals surface area contributed by atoms with Crippen molar-refractivity contribution in [3.05, 3.63) is 69.7 Å². The molecule has 0 saturated heterocycles. The minimum atomic E-state index is -0.498. The lowest BCUT2D eigenvalue weighted by atomic mass is 10.2. The number of anilines is 1. The highest BCUT2D eigenvalue weighted by atomic mass is 35.5. The fourth-order valence-electron chi connectivity index (χ4n) is 2.16. The van der Waals surface area contributed by atoms with Gasteiger partial charge in [0, 0.05) is 34.7 Å². The maximum Gasteiger partial charge on any atom is 0.262 e. The number of hydrogen-bond acceptors (Lipinski definition) is 3. The second-order valence-corrected chi connectivity index (χ2v) is 6.73. The van der Waals surface area contributed by atoms with Gasteiger partial charge in [0.05, 0.1) is 0 Å². The quantitative estimate of drug-likeness (QED) is 0.490. The first-order valence-electron chi connectivity index (χ1n) is 8.42. The van der Waals surface area contributed by atoms with Crippen LogP contribution in [-0.4, -0.2) is 17.7 Å². The summed E-state index contributed by atoms with van der Waals surface area (Å²) >= 11 is 11.8. The van der Waals surface area contributed by atoms with Crippen molar-refractivity contribution in [2.45, 2.75) is 19.8 Å². The van der Waals surface area contributed by atoms with Gasteiger partial charge in [-0.3, -0.25) is 25.2 Å². The first-order chi connectivity index (χ1) is 13.3. The molecule has 0 aromatic heterocycles. The number of carbonyl (C=O) groups excluding carboxylic acids is 3. The third-order valence-electron chi connectivity index (χ3n) is 3.74. The Hall–Kier alpha value is -2.83. The van der Waals surface area contributed by atoms with Gasteiger partial charge in [0.1, 0.15) is 0 Å². The summed E-state index contributed by atoms with van der Waals surface area (Å²) in [6.45, 7) is 1.79. The average Bonchev–Trinajstić information content (AvgIpc) is 2.68. The lowest BCUT2D eigenvalue weighted by Gasteiger charge is -2.09. The van der Waals surface area contributed by atoms with Crippen molar-refractivity contribution in [3.8, 4) is 0 Å². The standard InChI is InChI=1S/C20H19Cl2N3O3/c1-13-16(22)3-2-4-17(13)23-18(26)11-12-20(28)25-24-19(27)10-7-14-5-8-15(21)9-6-14/h2-10H,11-12H2,1H3,(H,23,26)(H,24,27)(H,25,28)/b10-7+. The Labute approximate surface area is 172 Å². The van der Waals surface area contributed by atoms with E-state index in [4.69, 9.17) is 23.2 Å². The van der Waals surface area contributed by atoms with Crippen LogP contribution in [0.1, 0.15) is 24.0 Å². The van der Waals surface area contributed by atoms with Crippen molar-refractivity contribution in [3.63, 3.8) is 0 Å². The van der Waals surface area contributed by atoms with Crippen LogP contribution in [0.2, 0.25) is 10.0 Å². The van der Waals surface area contributed by atoms with Crippen LogP contribution in [0.15, 0.2) is 48.5 Å². The van der Waals surface area contributed by atoms with Crippen molar-refractivity contribution in [2.24, 2.45) is 0 Å². The summed E-state index contributed by atoms with van der Waals surface area (Å²) in [5, 5.41) is 3.85. The summed E-state index contributed by atoms with van der Waals surface area (Å²) in [4.78, 5) is 35.4. The van der Waals surface area contributed by atoms with Crippen LogP contribution in [0.3, 0.4) is 0 Å². The highest BCUT2D eigenvalue weighted by Crippen LogP contribution is 2.23. The van der Waals surface area contributed by atoms with Crippen molar-refractivity contribution in [1.82, 2.24) is 10.9 Å². The monoisotopic (exact) mass is 419 g/mol. The lowest BCUT2D eigenvalue weighted by Crippen LogP contribution is -2.41. The molecule has 0 bridgehead atoms. The van der Waals surface area contributed by atoms with E-state index < -0.39 is 11.8 Å². The maximum absolute atomic E-state index is 12.0. The van der Waals surface area contributed by atoms with Crippen molar-refractivity contribution in [2.75, 3.05) is 5.32 Å². The molecule has 0 atom stereocenters. The topological polar surface area (TPSA) is 87.3 Å². The van der Waals surface area contributed by atoms with Gasteiger partial charge in [-0.2, -0.15) is 0 Å². The number of benzene rings is 2. The van der Waals surface area contributed by atoms with E-state index in [1.165, 1.54) is 6.08 Å². The lowest BCUT2D eigenvalue weighted by molar-refractivity contribution is -0.128. The van der Waals surface area contributed by atoms with Crippen molar-refractivity contribution in [1.29, 1.82) is 0 Å². The van der Waals surface area contributed by atoms with Gasteiger partial charge in [-0.1, -0.05) is 41.4 Å². The summed E-state index contributed by atoms with van der Waals surface area (Å²) in [6.07, 6.45) is 2.75. The number of nitrogens with one attached hydrogen (secondary N) is 3. The average molecular weight is 420 g/mol. The molecule has 0 aliphatic carbocycles. The molecule has 0 spiro atoms. The molecule has 2 aromatic carbocycles. The Balaban J connectivity index is 1.71. The molecule has 0 heterocycles. The number of hydrogen-bond donors (Lipinski definition) is 3. The molecule has 0 aliphatic rings. The van der Waals surface area contributed by atoms with E-state index in [0.717, 1.165) is 11.1 Å². The molecule has 2 aromatic rings. The summed E-state index contributed by atoms with van der Waals surface area (Å²) in [7, 11) is 0. The van der Waals surface area contributed by atoms with E-state index in [2.05, 4.69) is 16.2 Å². The Morgan fingerprint density at radius 1 is 0.929 bits per heavy atom. The highest BCUT2D eigenvalue weighted by molar-refractivity contribution is 6.31.